The second-order valence-corrected chi connectivity index (χ2v) is 4.42. The van der Waals surface area contributed by atoms with Crippen LogP contribution < -0.4 is 11.1 Å². The van der Waals surface area contributed by atoms with Gasteiger partial charge in [-0.1, -0.05) is 25.1 Å². The molecule has 0 saturated carbocycles. The number of nitrogens with one attached hydrogen (secondary N) is 1. The summed E-state index contributed by atoms with van der Waals surface area (Å²) in [4.78, 5) is 11.1. The summed E-state index contributed by atoms with van der Waals surface area (Å²) in [5, 5.41) is 3.40. The number of carbonyl (C=O) groups is 1. The van der Waals surface area contributed by atoms with E-state index in [0.29, 0.717) is 0 Å². The van der Waals surface area contributed by atoms with E-state index in [-0.39, 0.29) is 18.4 Å². The zero-order valence-corrected chi connectivity index (χ0v) is 10.9. The van der Waals surface area contributed by atoms with Crippen LogP contribution in [0.1, 0.15) is 30.7 Å². The Balaban J connectivity index is 2.20. The Morgan fingerprint density at radius 3 is 2.74 bits per heavy atom. The zero-order chi connectivity index (χ0) is 13.7. The second-order valence-electron chi connectivity index (χ2n) is 4.42. The molecule has 0 radical (unpaired) electrons. The molecule has 2 rings (SSSR count). The Hall–Kier alpha value is -2.23. The van der Waals surface area contributed by atoms with Crippen LogP contribution in [-0.4, -0.2) is 5.91 Å². The average molecular weight is 258 g/mol. The first-order chi connectivity index (χ1) is 9.20. The predicted octanol–water partition coefficient (Wildman–Crippen LogP) is 2.87. The largest absolute Gasteiger partial charge is 0.467 e. The highest BCUT2D eigenvalue weighted by molar-refractivity contribution is 5.78. The molecule has 0 aliphatic rings. The van der Waals surface area contributed by atoms with E-state index in [0.717, 1.165) is 23.4 Å². The van der Waals surface area contributed by atoms with E-state index in [4.69, 9.17) is 10.2 Å². The number of hydrogen-bond acceptors (Lipinski definition) is 3. The first-order valence-corrected chi connectivity index (χ1v) is 6.37. The number of carbonyl (C=O) groups excluding carboxylic acids is 1. The van der Waals surface area contributed by atoms with E-state index in [9.17, 15) is 4.79 Å². The molecule has 1 aromatic heterocycles. The van der Waals surface area contributed by atoms with Crippen molar-refractivity contribution in [1.82, 2.24) is 0 Å². The molecule has 4 heteroatoms. The molecule has 2 aromatic rings. The molecule has 1 unspecified atom stereocenters. The van der Waals surface area contributed by atoms with Crippen LogP contribution in [0.25, 0.3) is 0 Å². The van der Waals surface area contributed by atoms with Crippen LogP contribution in [0.2, 0.25) is 0 Å². The van der Waals surface area contributed by atoms with Gasteiger partial charge in [-0.05, 0) is 30.2 Å². The highest BCUT2D eigenvalue weighted by atomic mass is 16.3. The fourth-order valence-corrected chi connectivity index (χ4v) is 2.05. The molecule has 0 aliphatic heterocycles. The number of primary amides is 1. The minimum Gasteiger partial charge on any atom is -0.467 e. The monoisotopic (exact) mass is 258 g/mol. The molecule has 0 fully saturated rings. The van der Waals surface area contributed by atoms with Crippen LogP contribution >= 0.6 is 0 Å². The number of para-hydroxylation sites is 1. The Bertz CT molecular complexity index is 535. The van der Waals surface area contributed by atoms with Crippen LogP contribution in [0.15, 0.2) is 47.1 Å². The van der Waals surface area contributed by atoms with Crippen LogP contribution in [0, 0.1) is 0 Å². The number of anilines is 1. The van der Waals surface area contributed by atoms with Gasteiger partial charge in [0.1, 0.15) is 5.76 Å². The maximum absolute atomic E-state index is 11.1. The predicted molar refractivity (Wildman–Crippen MR) is 74.7 cm³/mol. The van der Waals surface area contributed by atoms with E-state index in [1.165, 1.54) is 0 Å². The second kappa shape index (κ2) is 6.09. The normalized spacial score (nSPS) is 12.1. The zero-order valence-electron chi connectivity index (χ0n) is 10.9. The van der Waals surface area contributed by atoms with Gasteiger partial charge in [-0.15, -0.1) is 0 Å². The van der Waals surface area contributed by atoms with Gasteiger partial charge in [-0.2, -0.15) is 0 Å². The first kappa shape index (κ1) is 13.2. The van der Waals surface area contributed by atoms with Crippen molar-refractivity contribution in [3.8, 4) is 0 Å². The molecule has 0 aliphatic carbocycles. The number of nitrogens with two attached hydrogens (primary N) is 1. The SMILES string of the molecule is CCC(Nc1ccccc1CC(N)=O)c1ccco1. The van der Waals surface area contributed by atoms with Crippen molar-refractivity contribution in [1.29, 1.82) is 0 Å². The summed E-state index contributed by atoms with van der Waals surface area (Å²) in [5.74, 6) is 0.552. The maximum atomic E-state index is 11.1. The number of furan rings is 1. The van der Waals surface area contributed by atoms with Gasteiger partial charge in [0.05, 0.1) is 18.7 Å². The Morgan fingerprint density at radius 2 is 2.11 bits per heavy atom. The van der Waals surface area contributed by atoms with Crippen molar-refractivity contribution in [2.24, 2.45) is 5.73 Å². The topological polar surface area (TPSA) is 68.3 Å². The third-order valence-electron chi connectivity index (χ3n) is 3.01. The number of rotatable bonds is 6. The number of hydrogen-bond donors (Lipinski definition) is 2. The van der Waals surface area contributed by atoms with Gasteiger partial charge in [0.2, 0.25) is 5.91 Å². The molecule has 1 aromatic carbocycles. The van der Waals surface area contributed by atoms with Crippen LogP contribution in [0.3, 0.4) is 0 Å². The molecule has 1 amide bonds. The standard InChI is InChI=1S/C15H18N2O2/c1-2-12(14-8-5-9-19-14)17-13-7-4-3-6-11(13)10-15(16)18/h3-9,12,17H,2,10H2,1H3,(H2,16,18). The van der Waals surface area contributed by atoms with Crippen LogP contribution in [0.4, 0.5) is 5.69 Å². The van der Waals surface area contributed by atoms with Gasteiger partial charge in [0.25, 0.3) is 0 Å². The van der Waals surface area contributed by atoms with Crippen molar-refractivity contribution in [2.45, 2.75) is 25.8 Å². The molecule has 1 atom stereocenters. The summed E-state index contributed by atoms with van der Waals surface area (Å²) < 4.78 is 5.43. The Kier molecular flexibility index (Phi) is 4.23. The molecule has 0 spiro atoms. The molecule has 4 nitrogen and oxygen atoms in total. The minimum absolute atomic E-state index is 0.0871. The molecule has 100 valence electrons. The summed E-state index contributed by atoms with van der Waals surface area (Å²) in [6.45, 7) is 2.08. The Morgan fingerprint density at radius 1 is 1.32 bits per heavy atom. The van der Waals surface area contributed by atoms with Gasteiger partial charge in [-0.25, -0.2) is 0 Å². The van der Waals surface area contributed by atoms with Crippen molar-refractivity contribution < 1.29 is 9.21 Å². The average Bonchev–Trinajstić information content (AvgIpc) is 2.91. The quantitative estimate of drug-likeness (QED) is 0.837. The lowest BCUT2D eigenvalue weighted by Gasteiger charge is -2.18. The van der Waals surface area contributed by atoms with E-state index in [1.54, 1.807) is 6.26 Å². The van der Waals surface area contributed by atoms with Crippen molar-refractivity contribution >= 4 is 11.6 Å². The highest BCUT2D eigenvalue weighted by Crippen LogP contribution is 2.25. The van der Waals surface area contributed by atoms with Gasteiger partial charge in [0, 0.05) is 5.69 Å². The Labute approximate surface area is 112 Å². The number of amides is 1. The first-order valence-electron chi connectivity index (χ1n) is 6.37. The third-order valence-corrected chi connectivity index (χ3v) is 3.01. The summed E-state index contributed by atoms with van der Waals surface area (Å²) in [6, 6.07) is 11.6. The smallest absolute Gasteiger partial charge is 0.221 e. The van der Waals surface area contributed by atoms with Crippen LogP contribution in [0.5, 0.6) is 0 Å². The fraction of sp³-hybridized carbons (Fsp3) is 0.267. The number of benzene rings is 1. The molecule has 19 heavy (non-hydrogen) atoms. The van der Waals surface area contributed by atoms with E-state index >= 15 is 0 Å². The van der Waals surface area contributed by atoms with E-state index in [2.05, 4.69) is 12.2 Å². The molecule has 0 saturated heterocycles. The summed E-state index contributed by atoms with van der Waals surface area (Å²) >= 11 is 0. The fourth-order valence-electron chi connectivity index (χ4n) is 2.05. The minimum atomic E-state index is -0.333. The highest BCUT2D eigenvalue weighted by Gasteiger charge is 2.14. The maximum Gasteiger partial charge on any atom is 0.221 e. The summed E-state index contributed by atoms with van der Waals surface area (Å²) in [5.41, 5.74) is 7.09. The lowest BCUT2D eigenvalue weighted by molar-refractivity contribution is -0.117. The van der Waals surface area contributed by atoms with Crippen molar-refractivity contribution in [2.75, 3.05) is 5.32 Å². The molecule has 3 N–H and O–H groups in total. The van der Waals surface area contributed by atoms with Gasteiger partial charge in [0.15, 0.2) is 0 Å². The molecular weight excluding hydrogens is 240 g/mol. The van der Waals surface area contributed by atoms with Gasteiger partial charge >= 0.3 is 0 Å². The van der Waals surface area contributed by atoms with Crippen molar-refractivity contribution in [3.05, 3.63) is 54.0 Å². The van der Waals surface area contributed by atoms with Gasteiger partial charge in [-0.3, -0.25) is 4.79 Å². The van der Waals surface area contributed by atoms with E-state index in [1.807, 2.05) is 36.4 Å². The lowest BCUT2D eigenvalue weighted by Crippen LogP contribution is -2.16. The third kappa shape index (κ3) is 3.37. The molecule has 0 bridgehead atoms. The summed E-state index contributed by atoms with van der Waals surface area (Å²) in [7, 11) is 0. The van der Waals surface area contributed by atoms with Crippen molar-refractivity contribution in [3.63, 3.8) is 0 Å². The molecule has 1 heterocycles. The van der Waals surface area contributed by atoms with Crippen LogP contribution in [-0.2, 0) is 11.2 Å². The van der Waals surface area contributed by atoms with Gasteiger partial charge < -0.3 is 15.5 Å². The molecular formula is C15H18N2O2. The summed E-state index contributed by atoms with van der Waals surface area (Å²) in [6.07, 6.45) is 2.78. The lowest BCUT2D eigenvalue weighted by atomic mass is 10.1. The van der Waals surface area contributed by atoms with E-state index < -0.39 is 0 Å².